The number of fused-ring (bicyclic) bond motifs is 1. The molecule has 3 heterocycles. The molecule has 0 bridgehead atoms. The summed E-state index contributed by atoms with van der Waals surface area (Å²) in [5, 5.41) is 7.25. The third kappa shape index (κ3) is 5.13. The largest absolute Gasteiger partial charge is 0.339 e. The summed E-state index contributed by atoms with van der Waals surface area (Å²) in [6, 6.07) is 25.2. The normalized spacial score (nSPS) is 23.0. The average molecular weight is 549 g/mol. The lowest BCUT2D eigenvalue weighted by molar-refractivity contribution is -0.122. The van der Waals surface area contributed by atoms with Crippen molar-refractivity contribution in [3.05, 3.63) is 135 Å². The number of carbonyl (C=O) groups is 1. The highest BCUT2D eigenvalue weighted by molar-refractivity contribution is 8.00. The first-order valence-corrected chi connectivity index (χ1v) is 15.3. The van der Waals surface area contributed by atoms with Crippen molar-refractivity contribution in [3.63, 3.8) is 0 Å². The molecule has 3 atom stereocenters. The highest BCUT2D eigenvalue weighted by Crippen LogP contribution is 2.44. The summed E-state index contributed by atoms with van der Waals surface area (Å²) in [5.41, 5.74) is 7.04. The van der Waals surface area contributed by atoms with Gasteiger partial charge in [-0.1, -0.05) is 66.8 Å². The maximum Gasteiger partial charge on any atom is 0.238 e. The predicted molar refractivity (Wildman–Crippen MR) is 163 cm³/mol. The molecule has 1 saturated heterocycles. The van der Waals surface area contributed by atoms with Gasteiger partial charge in [-0.3, -0.25) is 9.78 Å². The van der Waals surface area contributed by atoms with Crippen LogP contribution in [0.3, 0.4) is 0 Å². The molecular weight excluding hydrogens is 517 g/mol. The summed E-state index contributed by atoms with van der Waals surface area (Å²) in [7, 11) is 0. The predicted octanol–water partition coefficient (Wildman–Crippen LogP) is 8.07. The average Bonchev–Trinajstić information content (AvgIpc) is 3.51. The molecule has 0 spiro atoms. The van der Waals surface area contributed by atoms with Gasteiger partial charge in [0.2, 0.25) is 5.91 Å². The van der Waals surface area contributed by atoms with Crippen LogP contribution in [0, 0.1) is 6.92 Å². The molecule has 3 unspecified atom stereocenters. The lowest BCUT2D eigenvalue weighted by Crippen LogP contribution is -2.55. The van der Waals surface area contributed by atoms with Crippen LogP contribution in [0.2, 0.25) is 0 Å². The Kier molecular flexibility index (Phi) is 7.28. The highest BCUT2D eigenvalue weighted by atomic mass is 32.2. The fourth-order valence-electron chi connectivity index (χ4n) is 5.86. The quantitative estimate of drug-likeness (QED) is 0.248. The molecule has 0 saturated carbocycles. The fraction of sp³-hybridized carbons (Fsp3) is 0.235. The first-order valence-electron chi connectivity index (χ1n) is 13.5. The third-order valence-corrected chi connectivity index (χ3v) is 10.1. The SMILES string of the molecule is C=C1CC(c2ccsc2)(c2cccc(/C=C\C3CCCc4ccccc43)n2)NC(=O)C1Sc1ccccc1C. The Morgan fingerprint density at radius 1 is 1.08 bits per heavy atom. The number of piperidine rings is 1. The van der Waals surface area contributed by atoms with Gasteiger partial charge in [-0.25, -0.2) is 0 Å². The van der Waals surface area contributed by atoms with E-state index in [0.29, 0.717) is 12.3 Å². The van der Waals surface area contributed by atoms with E-state index < -0.39 is 5.54 Å². The van der Waals surface area contributed by atoms with Crippen molar-refractivity contribution in [1.82, 2.24) is 10.3 Å². The first kappa shape index (κ1) is 25.8. The summed E-state index contributed by atoms with van der Waals surface area (Å²) in [5.74, 6) is 0.381. The number of thiophene rings is 1. The van der Waals surface area contributed by atoms with Crippen LogP contribution in [-0.2, 0) is 16.8 Å². The minimum atomic E-state index is -0.738. The number of aryl methyl sites for hydroxylation is 2. The fourth-order valence-corrected chi connectivity index (χ4v) is 7.67. The van der Waals surface area contributed by atoms with Crippen LogP contribution in [-0.4, -0.2) is 16.1 Å². The van der Waals surface area contributed by atoms with E-state index in [1.165, 1.54) is 23.1 Å². The standard InChI is InChI=1S/C34H32N2OS2/c1-23-9-3-6-15-30(23)39-32-24(2)21-34(36-33(32)37,27-19-20-38-22-27)31-16-8-13-28(35-31)18-17-26-12-7-11-25-10-4-5-14-29(25)26/h3-6,8-10,13-20,22,26,32H,2,7,11-12,21H2,1H3,(H,36,37)/b18-17-. The van der Waals surface area contributed by atoms with Crippen molar-refractivity contribution in [1.29, 1.82) is 0 Å². The number of hydrogen-bond donors (Lipinski definition) is 1. The van der Waals surface area contributed by atoms with E-state index in [4.69, 9.17) is 4.98 Å². The number of nitrogens with zero attached hydrogens (tertiary/aromatic N) is 1. The van der Waals surface area contributed by atoms with Gasteiger partial charge in [-0.2, -0.15) is 11.3 Å². The monoisotopic (exact) mass is 548 g/mol. The number of hydrogen-bond acceptors (Lipinski definition) is 4. The molecule has 4 aromatic rings. The van der Waals surface area contributed by atoms with Gasteiger partial charge in [0.05, 0.1) is 11.4 Å². The second-order valence-corrected chi connectivity index (χ2v) is 12.4. The Morgan fingerprint density at radius 2 is 1.92 bits per heavy atom. The molecule has 39 heavy (non-hydrogen) atoms. The summed E-state index contributed by atoms with van der Waals surface area (Å²) in [4.78, 5) is 19.9. The number of nitrogens with one attached hydrogen (secondary N) is 1. The number of thioether (sulfide) groups is 1. The maximum atomic E-state index is 13.7. The lowest BCUT2D eigenvalue weighted by Gasteiger charge is -2.41. The van der Waals surface area contributed by atoms with E-state index in [-0.39, 0.29) is 11.2 Å². The van der Waals surface area contributed by atoms with Crippen LogP contribution in [0.15, 0.2) is 107 Å². The molecule has 3 nitrogen and oxygen atoms in total. The van der Waals surface area contributed by atoms with E-state index in [0.717, 1.165) is 40.3 Å². The Balaban J connectivity index is 1.31. The van der Waals surface area contributed by atoms with Crippen molar-refractivity contribution in [2.75, 3.05) is 0 Å². The first-order chi connectivity index (χ1) is 19.0. The van der Waals surface area contributed by atoms with Crippen LogP contribution in [0.4, 0.5) is 0 Å². The molecule has 1 aliphatic carbocycles. The van der Waals surface area contributed by atoms with E-state index in [1.807, 2.05) is 30.3 Å². The van der Waals surface area contributed by atoms with E-state index in [2.05, 4.69) is 84.2 Å². The third-order valence-electron chi connectivity index (χ3n) is 7.91. The molecule has 6 rings (SSSR count). The minimum absolute atomic E-state index is 0.0211. The smallest absolute Gasteiger partial charge is 0.238 e. The molecule has 2 aromatic carbocycles. The molecule has 0 radical (unpaired) electrons. The van der Waals surface area contributed by atoms with Gasteiger partial charge < -0.3 is 5.32 Å². The topological polar surface area (TPSA) is 42.0 Å². The number of benzene rings is 2. The molecule has 1 N–H and O–H groups in total. The Bertz CT molecular complexity index is 1520. The summed E-state index contributed by atoms with van der Waals surface area (Å²) < 4.78 is 0. The number of pyridine rings is 1. The summed E-state index contributed by atoms with van der Waals surface area (Å²) >= 11 is 3.21. The van der Waals surface area contributed by atoms with Gasteiger partial charge in [0, 0.05) is 17.2 Å². The molecule has 1 amide bonds. The van der Waals surface area contributed by atoms with Crippen molar-refractivity contribution in [3.8, 4) is 0 Å². The van der Waals surface area contributed by atoms with Crippen molar-refractivity contribution >= 4 is 35.1 Å². The molecule has 5 heteroatoms. The second-order valence-electron chi connectivity index (χ2n) is 10.5. The van der Waals surface area contributed by atoms with Gasteiger partial charge in [0.15, 0.2) is 0 Å². The highest BCUT2D eigenvalue weighted by Gasteiger charge is 2.45. The number of aromatic nitrogens is 1. The molecular formula is C34H32N2OS2. The number of allylic oxidation sites excluding steroid dienone is 1. The van der Waals surface area contributed by atoms with E-state index in [9.17, 15) is 4.79 Å². The van der Waals surface area contributed by atoms with Gasteiger partial charge in [-0.15, -0.1) is 11.8 Å². The zero-order chi connectivity index (χ0) is 26.8. The van der Waals surface area contributed by atoms with Crippen LogP contribution >= 0.6 is 23.1 Å². The molecule has 2 aromatic heterocycles. The second kappa shape index (κ2) is 11.0. The lowest BCUT2D eigenvalue weighted by atomic mass is 9.78. The van der Waals surface area contributed by atoms with Gasteiger partial charge >= 0.3 is 0 Å². The van der Waals surface area contributed by atoms with Crippen LogP contribution in [0.1, 0.15) is 58.8 Å². The number of rotatable bonds is 6. The van der Waals surface area contributed by atoms with Crippen molar-refractivity contribution in [2.24, 2.45) is 0 Å². The molecule has 1 fully saturated rings. The van der Waals surface area contributed by atoms with Crippen LogP contribution in [0.25, 0.3) is 6.08 Å². The van der Waals surface area contributed by atoms with E-state index in [1.54, 1.807) is 23.1 Å². The van der Waals surface area contributed by atoms with Gasteiger partial charge in [-0.05, 0) is 89.5 Å². The Morgan fingerprint density at radius 3 is 2.74 bits per heavy atom. The van der Waals surface area contributed by atoms with Gasteiger partial charge in [0.1, 0.15) is 10.8 Å². The summed E-state index contributed by atoms with van der Waals surface area (Å²) in [6.07, 6.45) is 8.57. The Hall–Kier alpha value is -3.41. The summed E-state index contributed by atoms with van der Waals surface area (Å²) in [6.45, 7) is 6.50. The Labute approximate surface area is 239 Å². The zero-order valence-electron chi connectivity index (χ0n) is 22.1. The van der Waals surface area contributed by atoms with Crippen molar-refractivity contribution in [2.45, 2.75) is 54.2 Å². The van der Waals surface area contributed by atoms with Crippen LogP contribution < -0.4 is 5.32 Å². The van der Waals surface area contributed by atoms with E-state index >= 15 is 0 Å². The van der Waals surface area contributed by atoms with Gasteiger partial charge in [0.25, 0.3) is 0 Å². The van der Waals surface area contributed by atoms with Crippen LogP contribution in [0.5, 0.6) is 0 Å². The number of amides is 1. The minimum Gasteiger partial charge on any atom is -0.339 e. The molecule has 196 valence electrons. The number of carbonyl (C=O) groups excluding carboxylic acids is 1. The molecule has 1 aliphatic heterocycles. The van der Waals surface area contributed by atoms with Crippen molar-refractivity contribution < 1.29 is 4.79 Å². The maximum absolute atomic E-state index is 13.7. The zero-order valence-corrected chi connectivity index (χ0v) is 23.7. The molecule has 2 aliphatic rings.